The number of rotatable bonds is 6. The summed E-state index contributed by atoms with van der Waals surface area (Å²) in [4.78, 5) is 12.5. The van der Waals surface area contributed by atoms with E-state index in [-0.39, 0.29) is 19.1 Å². The van der Waals surface area contributed by atoms with Crippen LogP contribution in [0.25, 0.3) is 0 Å². The first-order chi connectivity index (χ1) is 9.79. The molecule has 1 unspecified atom stereocenters. The molecule has 1 N–H and O–H groups in total. The van der Waals surface area contributed by atoms with Gasteiger partial charge >= 0.3 is 5.97 Å². The van der Waals surface area contributed by atoms with Crippen LogP contribution in [-0.4, -0.2) is 12.5 Å². The summed E-state index contributed by atoms with van der Waals surface area (Å²) in [6.07, 6.45) is 0. The number of thiophene rings is 1. The molecular weight excluding hydrogens is 272 g/mol. The van der Waals surface area contributed by atoms with E-state index in [1.807, 2.05) is 47.8 Å². The van der Waals surface area contributed by atoms with Gasteiger partial charge in [0.25, 0.3) is 0 Å². The Morgan fingerprint density at radius 3 is 2.75 bits per heavy atom. The van der Waals surface area contributed by atoms with Gasteiger partial charge in [0.2, 0.25) is 0 Å². The molecule has 1 atom stereocenters. The summed E-state index contributed by atoms with van der Waals surface area (Å²) in [6, 6.07) is 14.9. The average Bonchev–Trinajstić information content (AvgIpc) is 3.01. The van der Waals surface area contributed by atoms with E-state index in [0.29, 0.717) is 0 Å². The topological polar surface area (TPSA) is 62.1 Å². The van der Waals surface area contributed by atoms with Crippen molar-refractivity contribution in [2.45, 2.75) is 12.6 Å². The Kier molecular flexibility index (Phi) is 5.30. The fourth-order valence-electron chi connectivity index (χ4n) is 1.64. The number of nitriles is 1. The number of nitrogens with zero attached hydrogens (tertiary/aromatic N) is 1. The normalized spacial score (nSPS) is 11.6. The monoisotopic (exact) mass is 286 g/mol. The van der Waals surface area contributed by atoms with Gasteiger partial charge in [0.1, 0.15) is 12.6 Å². The van der Waals surface area contributed by atoms with Crippen molar-refractivity contribution >= 4 is 17.3 Å². The highest BCUT2D eigenvalue weighted by atomic mass is 32.1. The number of carbonyl (C=O) groups is 1. The highest BCUT2D eigenvalue weighted by Crippen LogP contribution is 2.17. The zero-order valence-corrected chi connectivity index (χ0v) is 11.6. The number of nitrogens with one attached hydrogen (secondary N) is 1. The molecule has 2 aromatic rings. The van der Waals surface area contributed by atoms with Gasteiger partial charge in [-0.3, -0.25) is 10.1 Å². The van der Waals surface area contributed by atoms with Gasteiger partial charge in [-0.2, -0.15) is 5.26 Å². The summed E-state index contributed by atoms with van der Waals surface area (Å²) in [6.45, 7) is 0.264. The number of hydrogen-bond donors (Lipinski definition) is 1. The molecule has 5 heteroatoms. The Labute approximate surface area is 121 Å². The minimum absolute atomic E-state index is 0.0168. The van der Waals surface area contributed by atoms with E-state index in [9.17, 15) is 4.79 Å². The third kappa shape index (κ3) is 4.19. The number of benzene rings is 1. The molecule has 1 aromatic carbocycles. The van der Waals surface area contributed by atoms with E-state index in [1.54, 1.807) is 0 Å². The van der Waals surface area contributed by atoms with E-state index in [4.69, 9.17) is 10.00 Å². The summed E-state index contributed by atoms with van der Waals surface area (Å²) in [5.41, 5.74) is 0.941. The van der Waals surface area contributed by atoms with Crippen molar-refractivity contribution < 1.29 is 9.53 Å². The largest absolute Gasteiger partial charge is 0.460 e. The van der Waals surface area contributed by atoms with Gasteiger partial charge in [-0.1, -0.05) is 36.4 Å². The van der Waals surface area contributed by atoms with Crippen LogP contribution in [0.4, 0.5) is 0 Å². The highest BCUT2D eigenvalue weighted by Gasteiger charge is 2.13. The van der Waals surface area contributed by atoms with Crippen LogP contribution in [0.2, 0.25) is 0 Å². The molecular formula is C15H14N2O2S. The summed E-state index contributed by atoms with van der Waals surface area (Å²) < 4.78 is 5.13. The second-order valence-corrected chi connectivity index (χ2v) is 5.08. The van der Waals surface area contributed by atoms with E-state index < -0.39 is 6.04 Å². The Bertz CT molecular complexity index is 576. The lowest BCUT2D eigenvalue weighted by molar-refractivity contribution is -0.143. The second-order valence-electron chi connectivity index (χ2n) is 4.10. The van der Waals surface area contributed by atoms with Crippen molar-refractivity contribution in [3.8, 4) is 6.07 Å². The molecule has 1 aromatic heterocycles. The average molecular weight is 286 g/mol. The third-order valence-electron chi connectivity index (χ3n) is 2.65. The molecule has 0 saturated heterocycles. The first-order valence-electron chi connectivity index (χ1n) is 6.15. The minimum atomic E-state index is -0.473. The molecule has 0 aliphatic rings. The first kappa shape index (κ1) is 14.3. The van der Waals surface area contributed by atoms with E-state index >= 15 is 0 Å². The second kappa shape index (κ2) is 7.43. The molecule has 4 nitrogen and oxygen atoms in total. The van der Waals surface area contributed by atoms with Crippen LogP contribution in [0.15, 0.2) is 47.8 Å². The van der Waals surface area contributed by atoms with Gasteiger partial charge in [-0.15, -0.1) is 11.3 Å². The van der Waals surface area contributed by atoms with Crippen LogP contribution in [0.3, 0.4) is 0 Å². The quantitative estimate of drug-likeness (QED) is 0.829. The van der Waals surface area contributed by atoms with E-state index in [2.05, 4.69) is 11.4 Å². The standard InChI is InChI=1S/C15H14N2O2S/c16-9-13(14-7-4-8-20-14)17-10-15(18)19-11-12-5-2-1-3-6-12/h1-8,13,17H,10-11H2. The molecule has 0 radical (unpaired) electrons. The lowest BCUT2D eigenvalue weighted by atomic mass is 10.2. The SMILES string of the molecule is N#CC(NCC(=O)OCc1ccccc1)c1cccs1. The van der Waals surface area contributed by atoms with Crippen molar-refractivity contribution in [3.05, 3.63) is 58.3 Å². The van der Waals surface area contributed by atoms with Gasteiger partial charge in [0, 0.05) is 4.88 Å². The van der Waals surface area contributed by atoms with Gasteiger partial charge in [-0.05, 0) is 17.0 Å². The lowest BCUT2D eigenvalue weighted by Crippen LogP contribution is -2.27. The van der Waals surface area contributed by atoms with Crippen LogP contribution in [0, 0.1) is 11.3 Å². The van der Waals surface area contributed by atoms with Crippen LogP contribution >= 0.6 is 11.3 Å². The molecule has 0 amide bonds. The van der Waals surface area contributed by atoms with Crippen LogP contribution in [0.1, 0.15) is 16.5 Å². The maximum absolute atomic E-state index is 11.6. The van der Waals surface area contributed by atoms with Gasteiger partial charge in [0.05, 0.1) is 12.6 Å². The fraction of sp³-hybridized carbons (Fsp3) is 0.200. The van der Waals surface area contributed by atoms with Crippen molar-refractivity contribution in [3.63, 3.8) is 0 Å². The number of hydrogen-bond acceptors (Lipinski definition) is 5. The molecule has 0 saturated carbocycles. The van der Waals surface area contributed by atoms with Crippen LogP contribution in [-0.2, 0) is 16.1 Å². The Hall–Kier alpha value is -2.16. The zero-order chi connectivity index (χ0) is 14.2. The molecule has 0 aliphatic heterocycles. The van der Waals surface area contributed by atoms with Crippen LogP contribution in [0.5, 0.6) is 0 Å². The Balaban J connectivity index is 1.76. The molecule has 0 fully saturated rings. The Morgan fingerprint density at radius 1 is 1.30 bits per heavy atom. The van der Waals surface area contributed by atoms with Crippen molar-refractivity contribution in [1.29, 1.82) is 5.26 Å². The summed E-state index contributed by atoms with van der Waals surface area (Å²) in [5.74, 6) is -0.370. The molecule has 1 heterocycles. The number of esters is 1. The van der Waals surface area contributed by atoms with Crippen molar-refractivity contribution in [2.75, 3.05) is 6.54 Å². The van der Waals surface area contributed by atoms with E-state index in [1.165, 1.54) is 11.3 Å². The Morgan fingerprint density at radius 2 is 2.10 bits per heavy atom. The van der Waals surface area contributed by atoms with Crippen molar-refractivity contribution in [1.82, 2.24) is 5.32 Å². The summed E-state index contributed by atoms with van der Waals surface area (Å²) in [7, 11) is 0. The maximum Gasteiger partial charge on any atom is 0.320 e. The molecule has 0 aliphatic carbocycles. The molecule has 0 spiro atoms. The minimum Gasteiger partial charge on any atom is -0.460 e. The third-order valence-corrected chi connectivity index (χ3v) is 3.59. The fourth-order valence-corrected chi connectivity index (χ4v) is 2.38. The molecule has 102 valence electrons. The summed E-state index contributed by atoms with van der Waals surface area (Å²) in [5, 5.41) is 13.8. The summed E-state index contributed by atoms with van der Waals surface area (Å²) >= 11 is 1.48. The molecule has 2 rings (SSSR count). The highest BCUT2D eigenvalue weighted by molar-refractivity contribution is 7.10. The zero-order valence-electron chi connectivity index (χ0n) is 10.8. The predicted molar refractivity (Wildman–Crippen MR) is 76.9 cm³/mol. The van der Waals surface area contributed by atoms with Gasteiger partial charge < -0.3 is 4.74 Å². The van der Waals surface area contributed by atoms with E-state index in [0.717, 1.165) is 10.4 Å². The van der Waals surface area contributed by atoms with Crippen LogP contribution < -0.4 is 5.32 Å². The smallest absolute Gasteiger partial charge is 0.320 e. The lowest BCUT2D eigenvalue weighted by Gasteiger charge is -2.09. The number of carbonyl (C=O) groups excluding carboxylic acids is 1. The first-order valence-corrected chi connectivity index (χ1v) is 7.03. The molecule has 0 bridgehead atoms. The molecule has 20 heavy (non-hydrogen) atoms. The van der Waals surface area contributed by atoms with Crippen molar-refractivity contribution in [2.24, 2.45) is 0 Å². The van der Waals surface area contributed by atoms with Gasteiger partial charge in [-0.25, -0.2) is 0 Å². The predicted octanol–water partition coefficient (Wildman–Crippen LogP) is 2.65. The maximum atomic E-state index is 11.6. The van der Waals surface area contributed by atoms with Gasteiger partial charge in [0.15, 0.2) is 0 Å². The number of ether oxygens (including phenoxy) is 1.